The lowest BCUT2D eigenvalue weighted by atomic mass is 9.91. The van der Waals surface area contributed by atoms with Crippen LogP contribution in [-0.4, -0.2) is 20.0 Å². The van der Waals surface area contributed by atoms with Crippen LogP contribution in [0.4, 0.5) is 0 Å². The summed E-state index contributed by atoms with van der Waals surface area (Å²) in [6, 6.07) is 10.2. The molecule has 25 heavy (non-hydrogen) atoms. The van der Waals surface area contributed by atoms with Crippen LogP contribution in [0.15, 0.2) is 43.0 Å². The molecule has 2 aromatic rings. The molecule has 1 heterocycles. The van der Waals surface area contributed by atoms with Crippen LogP contribution >= 0.6 is 0 Å². The highest BCUT2D eigenvalue weighted by Crippen LogP contribution is 2.42. The van der Waals surface area contributed by atoms with E-state index in [1.54, 1.807) is 6.08 Å². The van der Waals surface area contributed by atoms with Gasteiger partial charge in [0.1, 0.15) is 18.1 Å². The van der Waals surface area contributed by atoms with Gasteiger partial charge in [0.25, 0.3) is 0 Å². The van der Waals surface area contributed by atoms with Crippen molar-refractivity contribution in [1.82, 2.24) is 0 Å². The largest absolute Gasteiger partial charge is 0.494 e. The average Bonchev–Trinajstić information content (AvgIpc) is 3.07. The molecule has 0 aliphatic carbocycles. The van der Waals surface area contributed by atoms with Gasteiger partial charge in [0.15, 0.2) is 11.5 Å². The standard InChI is InChI=1S/C21H24O4/c1-5-9-23-19-12-21-20(24-13-25-21)11-17(19)15(4)16-7-8-18(22-6-2)14(3)10-16/h5,7-8,10-12,15H,1,6,9,13H2,2-4H3. The van der Waals surface area contributed by atoms with Crippen LogP contribution < -0.4 is 18.9 Å². The minimum atomic E-state index is 0.142. The number of hydrogen-bond donors (Lipinski definition) is 0. The molecule has 0 saturated heterocycles. The molecule has 0 saturated carbocycles. The third kappa shape index (κ3) is 3.58. The van der Waals surface area contributed by atoms with Gasteiger partial charge in [0.2, 0.25) is 6.79 Å². The fraction of sp³-hybridized carbons (Fsp3) is 0.333. The molecule has 1 aliphatic heterocycles. The van der Waals surface area contributed by atoms with Gasteiger partial charge in [0, 0.05) is 17.5 Å². The Balaban J connectivity index is 1.96. The van der Waals surface area contributed by atoms with Crippen molar-refractivity contribution in [1.29, 1.82) is 0 Å². The monoisotopic (exact) mass is 340 g/mol. The van der Waals surface area contributed by atoms with Crippen LogP contribution in [0.2, 0.25) is 0 Å². The number of benzene rings is 2. The predicted octanol–water partition coefficient (Wildman–Crippen LogP) is 4.84. The normalized spacial score (nSPS) is 13.4. The summed E-state index contributed by atoms with van der Waals surface area (Å²) in [5.74, 6) is 3.34. The van der Waals surface area contributed by atoms with E-state index in [0.717, 1.165) is 34.1 Å². The van der Waals surface area contributed by atoms with Gasteiger partial charge in [-0.2, -0.15) is 0 Å². The van der Waals surface area contributed by atoms with Gasteiger partial charge < -0.3 is 18.9 Å². The maximum Gasteiger partial charge on any atom is 0.231 e. The van der Waals surface area contributed by atoms with Crippen LogP contribution in [0.5, 0.6) is 23.0 Å². The van der Waals surface area contributed by atoms with E-state index in [1.807, 2.05) is 25.1 Å². The fourth-order valence-corrected chi connectivity index (χ4v) is 2.99. The summed E-state index contributed by atoms with van der Waals surface area (Å²) in [7, 11) is 0. The molecule has 4 heteroatoms. The molecule has 3 rings (SSSR count). The van der Waals surface area contributed by atoms with Crippen molar-refractivity contribution in [2.75, 3.05) is 20.0 Å². The molecule has 0 spiro atoms. The summed E-state index contributed by atoms with van der Waals surface area (Å²) < 4.78 is 22.5. The number of fused-ring (bicyclic) bond motifs is 1. The summed E-state index contributed by atoms with van der Waals surface area (Å²) in [4.78, 5) is 0. The van der Waals surface area contributed by atoms with Crippen molar-refractivity contribution in [2.45, 2.75) is 26.7 Å². The Hall–Kier alpha value is -2.62. The third-order valence-corrected chi connectivity index (χ3v) is 4.33. The van der Waals surface area contributed by atoms with E-state index < -0.39 is 0 Å². The van der Waals surface area contributed by atoms with E-state index in [9.17, 15) is 0 Å². The van der Waals surface area contributed by atoms with Crippen LogP contribution in [0.1, 0.15) is 36.5 Å². The van der Waals surface area contributed by atoms with Crippen molar-refractivity contribution >= 4 is 0 Å². The van der Waals surface area contributed by atoms with Crippen LogP contribution in [-0.2, 0) is 0 Å². The van der Waals surface area contributed by atoms with Gasteiger partial charge in [-0.15, -0.1) is 0 Å². The Morgan fingerprint density at radius 1 is 1.12 bits per heavy atom. The zero-order valence-corrected chi connectivity index (χ0v) is 15.0. The Morgan fingerprint density at radius 3 is 2.56 bits per heavy atom. The minimum absolute atomic E-state index is 0.142. The molecule has 1 aliphatic rings. The molecule has 4 nitrogen and oxygen atoms in total. The highest BCUT2D eigenvalue weighted by atomic mass is 16.7. The van der Waals surface area contributed by atoms with E-state index in [4.69, 9.17) is 18.9 Å². The van der Waals surface area contributed by atoms with Gasteiger partial charge >= 0.3 is 0 Å². The first kappa shape index (κ1) is 17.2. The second kappa shape index (κ2) is 7.51. The topological polar surface area (TPSA) is 36.9 Å². The van der Waals surface area contributed by atoms with Crippen LogP contribution in [0.25, 0.3) is 0 Å². The Labute approximate surface area is 149 Å². The highest BCUT2D eigenvalue weighted by Gasteiger charge is 2.22. The van der Waals surface area contributed by atoms with E-state index >= 15 is 0 Å². The van der Waals surface area contributed by atoms with Gasteiger partial charge in [-0.1, -0.05) is 31.7 Å². The highest BCUT2D eigenvalue weighted by molar-refractivity contribution is 5.55. The maximum absolute atomic E-state index is 5.87. The van der Waals surface area contributed by atoms with E-state index in [0.29, 0.717) is 13.2 Å². The Bertz CT molecular complexity index is 767. The molecule has 0 N–H and O–H groups in total. The molecule has 132 valence electrons. The molecule has 0 amide bonds. The quantitative estimate of drug-likeness (QED) is 0.676. The zero-order valence-electron chi connectivity index (χ0n) is 15.0. The van der Waals surface area contributed by atoms with Gasteiger partial charge in [0.05, 0.1) is 6.61 Å². The van der Waals surface area contributed by atoms with Crippen LogP contribution in [0, 0.1) is 6.92 Å². The molecule has 2 aromatic carbocycles. The second-order valence-electron chi connectivity index (χ2n) is 6.02. The van der Waals surface area contributed by atoms with Crippen molar-refractivity contribution < 1.29 is 18.9 Å². The zero-order chi connectivity index (χ0) is 17.8. The number of ether oxygens (including phenoxy) is 4. The second-order valence-corrected chi connectivity index (χ2v) is 6.02. The van der Waals surface area contributed by atoms with E-state index in [-0.39, 0.29) is 12.7 Å². The van der Waals surface area contributed by atoms with Crippen molar-refractivity contribution in [2.24, 2.45) is 0 Å². The third-order valence-electron chi connectivity index (χ3n) is 4.33. The van der Waals surface area contributed by atoms with Crippen molar-refractivity contribution in [3.05, 3.63) is 59.7 Å². The minimum Gasteiger partial charge on any atom is -0.494 e. The Kier molecular flexibility index (Phi) is 5.17. The van der Waals surface area contributed by atoms with Crippen molar-refractivity contribution in [3.8, 4) is 23.0 Å². The molecule has 0 bridgehead atoms. The van der Waals surface area contributed by atoms with Gasteiger partial charge in [-0.25, -0.2) is 0 Å². The first-order chi connectivity index (χ1) is 12.1. The number of hydrogen-bond acceptors (Lipinski definition) is 4. The summed E-state index contributed by atoms with van der Waals surface area (Å²) in [5, 5.41) is 0. The first-order valence-corrected chi connectivity index (χ1v) is 8.54. The lowest BCUT2D eigenvalue weighted by molar-refractivity contribution is 0.174. The molecular weight excluding hydrogens is 316 g/mol. The Morgan fingerprint density at radius 2 is 1.88 bits per heavy atom. The van der Waals surface area contributed by atoms with Gasteiger partial charge in [-0.3, -0.25) is 0 Å². The predicted molar refractivity (Wildman–Crippen MR) is 98.1 cm³/mol. The molecule has 0 aromatic heterocycles. The fourth-order valence-electron chi connectivity index (χ4n) is 2.99. The molecule has 0 fully saturated rings. The lowest BCUT2D eigenvalue weighted by Gasteiger charge is -2.19. The summed E-state index contributed by atoms with van der Waals surface area (Å²) in [6.45, 7) is 11.3. The summed E-state index contributed by atoms with van der Waals surface area (Å²) in [5.41, 5.74) is 3.39. The van der Waals surface area contributed by atoms with Crippen molar-refractivity contribution in [3.63, 3.8) is 0 Å². The average molecular weight is 340 g/mol. The maximum atomic E-state index is 5.87. The molecule has 1 atom stereocenters. The molecule has 0 radical (unpaired) electrons. The molecule has 1 unspecified atom stereocenters. The lowest BCUT2D eigenvalue weighted by Crippen LogP contribution is -2.03. The molecular formula is C21H24O4. The number of aryl methyl sites for hydroxylation is 1. The summed E-state index contributed by atoms with van der Waals surface area (Å²) in [6.07, 6.45) is 1.74. The smallest absolute Gasteiger partial charge is 0.231 e. The first-order valence-electron chi connectivity index (χ1n) is 8.54. The number of rotatable bonds is 7. The SMILES string of the molecule is C=CCOc1cc2c(cc1C(C)c1ccc(OCC)c(C)c1)OCO2. The summed E-state index contributed by atoms with van der Waals surface area (Å²) >= 11 is 0. The van der Waals surface area contributed by atoms with E-state index in [2.05, 4.69) is 32.6 Å². The van der Waals surface area contributed by atoms with Gasteiger partial charge in [-0.05, 0) is 37.1 Å². The van der Waals surface area contributed by atoms with Crippen LogP contribution in [0.3, 0.4) is 0 Å². The van der Waals surface area contributed by atoms with E-state index in [1.165, 1.54) is 5.56 Å².